The smallest absolute Gasteiger partial charge is 0.182 e. The summed E-state index contributed by atoms with van der Waals surface area (Å²) in [6, 6.07) is 2.70. The minimum atomic E-state index is -0.416. The van der Waals surface area contributed by atoms with Crippen LogP contribution in [0.3, 0.4) is 0 Å². The molecule has 0 N–H and O–H groups in total. The highest BCUT2D eigenvalue weighted by atomic mass is 19.1. The molecular weight excluding hydrogens is 231 g/mol. The lowest BCUT2D eigenvalue weighted by Gasteiger charge is -2.19. The molecule has 0 amide bonds. The second-order valence-corrected chi connectivity index (χ2v) is 4.81. The quantitative estimate of drug-likeness (QED) is 0.700. The van der Waals surface area contributed by atoms with Gasteiger partial charge in [-0.2, -0.15) is 0 Å². The molecule has 0 saturated carbocycles. The van der Waals surface area contributed by atoms with Crippen molar-refractivity contribution in [2.75, 3.05) is 20.1 Å². The number of hydrogen-bond acceptors (Lipinski definition) is 3. The molecule has 0 spiro atoms. The van der Waals surface area contributed by atoms with Gasteiger partial charge in [0.25, 0.3) is 0 Å². The van der Waals surface area contributed by atoms with Gasteiger partial charge >= 0.3 is 0 Å². The SMILES string of the molecule is CCC(C)CN(C)CCC(=O)c1ccc(F)cn1. The topological polar surface area (TPSA) is 33.2 Å². The number of pyridine rings is 1. The van der Waals surface area contributed by atoms with Crippen LogP contribution in [0.2, 0.25) is 0 Å². The van der Waals surface area contributed by atoms with Crippen molar-refractivity contribution in [2.24, 2.45) is 5.92 Å². The molecule has 0 aliphatic heterocycles. The molecule has 1 aromatic heterocycles. The number of rotatable bonds is 7. The highest BCUT2D eigenvalue weighted by molar-refractivity contribution is 5.94. The van der Waals surface area contributed by atoms with E-state index >= 15 is 0 Å². The van der Waals surface area contributed by atoms with Gasteiger partial charge in [0, 0.05) is 19.5 Å². The van der Waals surface area contributed by atoms with E-state index in [-0.39, 0.29) is 5.78 Å². The minimum Gasteiger partial charge on any atom is -0.306 e. The molecule has 1 aromatic rings. The standard InChI is InChI=1S/C14H21FN2O/c1-4-11(2)10-17(3)8-7-14(18)13-6-5-12(15)9-16-13/h5-6,9,11H,4,7-8,10H2,1-3H3. The lowest BCUT2D eigenvalue weighted by Crippen LogP contribution is -2.26. The molecule has 0 aliphatic rings. The van der Waals surface area contributed by atoms with Crippen molar-refractivity contribution >= 4 is 5.78 Å². The van der Waals surface area contributed by atoms with Crippen molar-refractivity contribution in [3.05, 3.63) is 29.8 Å². The number of nitrogens with zero attached hydrogens (tertiary/aromatic N) is 2. The fraction of sp³-hybridized carbons (Fsp3) is 0.571. The summed E-state index contributed by atoms with van der Waals surface area (Å²) in [6.07, 6.45) is 2.64. The predicted molar refractivity (Wildman–Crippen MR) is 70.1 cm³/mol. The monoisotopic (exact) mass is 252 g/mol. The summed E-state index contributed by atoms with van der Waals surface area (Å²) in [5, 5.41) is 0. The molecule has 4 heteroatoms. The number of aromatic nitrogens is 1. The number of hydrogen-bond donors (Lipinski definition) is 0. The van der Waals surface area contributed by atoms with Crippen LogP contribution in [0.25, 0.3) is 0 Å². The maximum Gasteiger partial charge on any atom is 0.182 e. The van der Waals surface area contributed by atoms with Crippen molar-refractivity contribution in [1.29, 1.82) is 0 Å². The largest absolute Gasteiger partial charge is 0.306 e. The van der Waals surface area contributed by atoms with Crippen molar-refractivity contribution in [1.82, 2.24) is 9.88 Å². The van der Waals surface area contributed by atoms with Gasteiger partial charge in [-0.05, 0) is 25.1 Å². The van der Waals surface area contributed by atoms with Gasteiger partial charge in [-0.15, -0.1) is 0 Å². The number of ketones is 1. The van der Waals surface area contributed by atoms with Gasteiger partial charge in [-0.3, -0.25) is 9.78 Å². The first-order valence-corrected chi connectivity index (χ1v) is 6.36. The third-order valence-electron chi connectivity index (χ3n) is 3.05. The Balaban J connectivity index is 2.39. The van der Waals surface area contributed by atoms with Crippen LogP contribution in [0.1, 0.15) is 37.2 Å². The van der Waals surface area contributed by atoms with E-state index in [9.17, 15) is 9.18 Å². The Morgan fingerprint density at radius 2 is 2.22 bits per heavy atom. The van der Waals surface area contributed by atoms with Gasteiger partial charge in [0.2, 0.25) is 0 Å². The van der Waals surface area contributed by atoms with Gasteiger partial charge in [-0.1, -0.05) is 20.3 Å². The van der Waals surface area contributed by atoms with E-state index in [1.807, 2.05) is 7.05 Å². The second-order valence-electron chi connectivity index (χ2n) is 4.81. The Morgan fingerprint density at radius 1 is 1.50 bits per heavy atom. The van der Waals surface area contributed by atoms with Crippen LogP contribution in [0, 0.1) is 11.7 Å². The van der Waals surface area contributed by atoms with E-state index in [2.05, 4.69) is 23.7 Å². The van der Waals surface area contributed by atoms with Crippen LogP contribution in [0.5, 0.6) is 0 Å². The van der Waals surface area contributed by atoms with Crippen LogP contribution in [-0.4, -0.2) is 35.8 Å². The maximum atomic E-state index is 12.7. The fourth-order valence-corrected chi connectivity index (χ4v) is 1.71. The highest BCUT2D eigenvalue weighted by Gasteiger charge is 2.10. The zero-order valence-corrected chi connectivity index (χ0v) is 11.3. The Kier molecular flexibility index (Phi) is 5.92. The van der Waals surface area contributed by atoms with E-state index in [0.29, 0.717) is 24.6 Å². The predicted octanol–water partition coefficient (Wildman–Crippen LogP) is 2.77. The number of carbonyl (C=O) groups is 1. The van der Waals surface area contributed by atoms with Gasteiger partial charge in [0.15, 0.2) is 5.78 Å². The molecule has 1 atom stereocenters. The first-order valence-electron chi connectivity index (χ1n) is 6.36. The van der Waals surface area contributed by atoms with Gasteiger partial charge in [0.05, 0.1) is 6.20 Å². The van der Waals surface area contributed by atoms with E-state index in [1.165, 1.54) is 12.1 Å². The molecule has 18 heavy (non-hydrogen) atoms. The first-order chi connectivity index (χ1) is 8.52. The number of carbonyl (C=O) groups excluding carboxylic acids is 1. The molecule has 0 saturated heterocycles. The van der Waals surface area contributed by atoms with Gasteiger partial charge < -0.3 is 4.90 Å². The third kappa shape index (κ3) is 4.92. The average Bonchev–Trinajstić information content (AvgIpc) is 2.36. The molecule has 100 valence electrons. The normalized spacial score (nSPS) is 12.7. The molecule has 0 bridgehead atoms. The van der Waals surface area contributed by atoms with Crippen LogP contribution in [0.15, 0.2) is 18.3 Å². The molecule has 1 rings (SSSR count). The van der Waals surface area contributed by atoms with Crippen LogP contribution < -0.4 is 0 Å². The number of Topliss-reactive ketones (excluding diaryl/α,β-unsaturated/α-hetero) is 1. The number of halogens is 1. The first kappa shape index (κ1) is 14.8. The van der Waals surface area contributed by atoms with Crippen LogP contribution in [0.4, 0.5) is 4.39 Å². The highest BCUT2D eigenvalue weighted by Crippen LogP contribution is 2.05. The molecule has 0 fully saturated rings. The van der Waals surface area contributed by atoms with E-state index in [4.69, 9.17) is 0 Å². The zero-order chi connectivity index (χ0) is 13.5. The average molecular weight is 252 g/mol. The summed E-state index contributed by atoms with van der Waals surface area (Å²) in [5.74, 6) is 0.181. The maximum absolute atomic E-state index is 12.7. The van der Waals surface area contributed by atoms with E-state index < -0.39 is 5.82 Å². The van der Waals surface area contributed by atoms with Gasteiger partial charge in [-0.25, -0.2) is 4.39 Å². The summed E-state index contributed by atoms with van der Waals surface area (Å²) in [6.45, 7) is 6.05. The summed E-state index contributed by atoms with van der Waals surface area (Å²) in [5.41, 5.74) is 0.341. The Morgan fingerprint density at radius 3 is 2.78 bits per heavy atom. The summed E-state index contributed by atoms with van der Waals surface area (Å²) < 4.78 is 12.7. The lowest BCUT2D eigenvalue weighted by atomic mass is 10.1. The van der Waals surface area contributed by atoms with E-state index in [1.54, 1.807) is 0 Å². The lowest BCUT2D eigenvalue weighted by molar-refractivity contribution is 0.0961. The second kappa shape index (κ2) is 7.21. The van der Waals surface area contributed by atoms with Crippen molar-refractivity contribution < 1.29 is 9.18 Å². The Labute approximate surface area is 108 Å². The molecule has 0 radical (unpaired) electrons. The molecule has 3 nitrogen and oxygen atoms in total. The molecule has 1 heterocycles. The third-order valence-corrected chi connectivity index (χ3v) is 3.05. The summed E-state index contributed by atoms with van der Waals surface area (Å²) in [4.78, 5) is 17.7. The van der Waals surface area contributed by atoms with Crippen LogP contribution in [-0.2, 0) is 0 Å². The van der Waals surface area contributed by atoms with Crippen molar-refractivity contribution in [2.45, 2.75) is 26.7 Å². The molecule has 0 aliphatic carbocycles. The van der Waals surface area contributed by atoms with Gasteiger partial charge in [0.1, 0.15) is 11.5 Å². The van der Waals surface area contributed by atoms with E-state index in [0.717, 1.165) is 19.2 Å². The zero-order valence-electron chi connectivity index (χ0n) is 11.3. The Bertz CT molecular complexity index is 378. The fourth-order valence-electron chi connectivity index (χ4n) is 1.71. The minimum absolute atomic E-state index is 0.0361. The molecule has 1 unspecified atom stereocenters. The summed E-state index contributed by atoms with van der Waals surface area (Å²) >= 11 is 0. The molecule has 0 aromatic carbocycles. The van der Waals surface area contributed by atoms with Crippen molar-refractivity contribution in [3.63, 3.8) is 0 Å². The summed E-state index contributed by atoms with van der Waals surface area (Å²) in [7, 11) is 2.01. The van der Waals surface area contributed by atoms with Crippen LogP contribution >= 0.6 is 0 Å². The molecular formula is C14H21FN2O. The van der Waals surface area contributed by atoms with Crippen molar-refractivity contribution in [3.8, 4) is 0 Å². The Hall–Kier alpha value is -1.29.